The first-order valence-corrected chi connectivity index (χ1v) is 10.7. The fourth-order valence-electron chi connectivity index (χ4n) is 5.92. The third kappa shape index (κ3) is 4.58. The molecule has 3 atom stereocenters. The topological polar surface area (TPSA) is 29.5 Å². The minimum atomic E-state index is -0.473. The second-order valence-corrected chi connectivity index (χ2v) is 10.1. The summed E-state index contributed by atoms with van der Waals surface area (Å²) in [6.07, 6.45) is 15.2. The van der Waals surface area contributed by atoms with Gasteiger partial charge in [-0.15, -0.1) is 0 Å². The summed E-state index contributed by atoms with van der Waals surface area (Å²) < 4.78 is 5.53. The van der Waals surface area contributed by atoms with Gasteiger partial charge in [-0.2, -0.15) is 0 Å². The molecular formula is C21H39BO2. The summed E-state index contributed by atoms with van der Waals surface area (Å²) in [6.45, 7) is 8.08. The summed E-state index contributed by atoms with van der Waals surface area (Å²) in [4.78, 5) is 0. The molecule has 2 saturated carbocycles. The number of hydrogen-bond acceptors (Lipinski definition) is 2. The zero-order valence-electron chi connectivity index (χ0n) is 16.3. The lowest BCUT2D eigenvalue weighted by Crippen LogP contribution is -2.26. The second-order valence-electron chi connectivity index (χ2n) is 10.1. The van der Waals surface area contributed by atoms with E-state index in [4.69, 9.17) is 4.65 Å². The van der Waals surface area contributed by atoms with Crippen LogP contribution in [0.5, 0.6) is 0 Å². The van der Waals surface area contributed by atoms with Crippen LogP contribution in [0.4, 0.5) is 0 Å². The molecule has 3 unspecified atom stereocenters. The average molecular weight is 334 g/mol. The average Bonchev–Trinajstić information content (AvgIpc) is 2.78. The lowest BCUT2D eigenvalue weighted by atomic mass is 9.62. The molecule has 24 heavy (non-hydrogen) atoms. The Morgan fingerprint density at radius 1 is 0.750 bits per heavy atom. The predicted molar refractivity (Wildman–Crippen MR) is 102 cm³/mol. The number of fused-ring (bicyclic) bond motifs is 1. The molecule has 3 heteroatoms. The minimum absolute atomic E-state index is 0.423. The molecule has 0 spiro atoms. The van der Waals surface area contributed by atoms with E-state index in [-0.39, 0.29) is 0 Å². The smallest absolute Gasteiger partial charge is 0.427 e. The van der Waals surface area contributed by atoms with Crippen LogP contribution in [-0.2, 0) is 4.65 Å². The van der Waals surface area contributed by atoms with Crippen LogP contribution in [0.3, 0.4) is 0 Å². The molecule has 2 aliphatic carbocycles. The molecule has 0 amide bonds. The van der Waals surface area contributed by atoms with Crippen LogP contribution < -0.4 is 0 Å². The van der Waals surface area contributed by atoms with E-state index in [1.807, 2.05) is 0 Å². The Balaban J connectivity index is 1.52. The Morgan fingerprint density at radius 2 is 1.29 bits per heavy atom. The van der Waals surface area contributed by atoms with Crippen LogP contribution in [0.2, 0.25) is 5.82 Å². The van der Waals surface area contributed by atoms with Crippen molar-refractivity contribution in [1.29, 1.82) is 0 Å². The van der Waals surface area contributed by atoms with Gasteiger partial charge in [-0.1, -0.05) is 72.1 Å². The Morgan fingerprint density at radius 3 is 1.92 bits per heavy atom. The summed E-state index contributed by atoms with van der Waals surface area (Å²) in [5.74, 6) is 3.83. The zero-order valence-corrected chi connectivity index (χ0v) is 16.3. The molecular weight excluding hydrogens is 295 g/mol. The van der Waals surface area contributed by atoms with Crippen LogP contribution in [-0.4, -0.2) is 18.7 Å². The predicted octanol–water partition coefficient (Wildman–Crippen LogP) is 5.70. The van der Waals surface area contributed by atoms with E-state index in [1.54, 1.807) is 0 Å². The van der Waals surface area contributed by atoms with Crippen LogP contribution in [0.25, 0.3) is 0 Å². The first kappa shape index (κ1) is 18.8. The van der Waals surface area contributed by atoms with Gasteiger partial charge in [0.05, 0.1) is 0 Å². The SMILES string of the molecule is CC(C)(C)C1CCCC(C2CCCC3COB(O)C3CC2)CCC1. The van der Waals surface area contributed by atoms with Gasteiger partial charge in [0.2, 0.25) is 0 Å². The highest BCUT2D eigenvalue weighted by molar-refractivity contribution is 6.45. The first-order chi connectivity index (χ1) is 11.4. The van der Waals surface area contributed by atoms with Gasteiger partial charge in [0.25, 0.3) is 0 Å². The molecule has 3 fully saturated rings. The van der Waals surface area contributed by atoms with Crippen molar-refractivity contribution >= 4 is 7.12 Å². The molecule has 3 rings (SSSR count). The van der Waals surface area contributed by atoms with Gasteiger partial charge in [-0.05, 0) is 54.2 Å². The van der Waals surface area contributed by atoms with E-state index in [9.17, 15) is 5.02 Å². The Hall–Kier alpha value is -0.0151. The van der Waals surface area contributed by atoms with Crippen molar-refractivity contribution in [2.75, 3.05) is 6.61 Å². The Labute approximate surface area is 150 Å². The number of hydrogen-bond donors (Lipinski definition) is 1. The van der Waals surface area contributed by atoms with Crippen molar-refractivity contribution in [3.8, 4) is 0 Å². The van der Waals surface area contributed by atoms with E-state index >= 15 is 0 Å². The summed E-state index contributed by atoms with van der Waals surface area (Å²) >= 11 is 0. The van der Waals surface area contributed by atoms with Crippen molar-refractivity contribution in [3.63, 3.8) is 0 Å². The Kier molecular flexibility index (Phi) is 6.35. The van der Waals surface area contributed by atoms with Crippen molar-refractivity contribution in [2.24, 2.45) is 29.1 Å². The normalized spacial score (nSPS) is 39.5. The molecule has 1 saturated heterocycles. The minimum Gasteiger partial charge on any atom is -0.427 e. The van der Waals surface area contributed by atoms with Gasteiger partial charge in [0.1, 0.15) is 0 Å². The molecule has 1 N–H and O–H groups in total. The van der Waals surface area contributed by atoms with Crippen molar-refractivity contribution in [3.05, 3.63) is 0 Å². The van der Waals surface area contributed by atoms with Gasteiger partial charge in [0.15, 0.2) is 0 Å². The monoisotopic (exact) mass is 334 g/mol. The van der Waals surface area contributed by atoms with Crippen LogP contribution in [0.1, 0.15) is 91.4 Å². The highest BCUT2D eigenvalue weighted by Crippen LogP contribution is 2.45. The molecule has 2 nitrogen and oxygen atoms in total. The van der Waals surface area contributed by atoms with Crippen molar-refractivity contribution in [2.45, 2.75) is 97.2 Å². The third-order valence-corrected chi connectivity index (χ3v) is 7.62. The molecule has 138 valence electrons. The summed E-state index contributed by atoms with van der Waals surface area (Å²) in [6, 6.07) is 0. The molecule has 0 radical (unpaired) electrons. The molecule has 0 bridgehead atoms. The summed E-state index contributed by atoms with van der Waals surface area (Å²) in [7, 11) is -0.473. The van der Waals surface area contributed by atoms with Gasteiger partial charge < -0.3 is 9.68 Å². The van der Waals surface area contributed by atoms with E-state index in [1.165, 1.54) is 70.6 Å². The van der Waals surface area contributed by atoms with Crippen LogP contribution >= 0.6 is 0 Å². The molecule has 0 aromatic heterocycles. The van der Waals surface area contributed by atoms with Crippen molar-refractivity contribution < 1.29 is 9.68 Å². The molecule has 0 aromatic carbocycles. The zero-order chi connectivity index (χ0) is 17.2. The maximum atomic E-state index is 10.1. The van der Waals surface area contributed by atoms with Crippen LogP contribution in [0, 0.1) is 29.1 Å². The van der Waals surface area contributed by atoms with Gasteiger partial charge in [-0.3, -0.25) is 0 Å². The highest BCUT2D eigenvalue weighted by atomic mass is 16.5. The van der Waals surface area contributed by atoms with E-state index in [0.717, 1.165) is 24.4 Å². The standard InChI is InChI=1S/C21H39BO2/c1-21(2,3)19-11-5-8-16(9-6-12-19)17-7-4-10-18-15-24-22(23)20(18)14-13-17/h16-20,23H,4-15H2,1-3H3. The van der Waals surface area contributed by atoms with Gasteiger partial charge >= 0.3 is 7.12 Å². The quantitative estimate of drug-likeness (QED) is 0.624. The molecule has 3 aliphatic rings. The van der Waals surface area contributed by atoms with Gasteiger partial charge in [-0.25, -0.2) is 0 Å². The lowest BCUT2D eigenvalue weighted by Gasteiger charge is -2.37. The molecule has 1 heterocycles. The van der Waals surface area contributed by atoms with Crippen LogP contribution in [0.15, 0.2) is 0 Å². The second kappa shape index (κ2) is 8.12. The van der Waals surface area contributed by atoms with Gasteiger partial charge in [0, 0.05) is 6.61 Å². The summed E-state index contributed by atoms with van der Waals surface area (Å²) in [5, 5.41) is 10.1. The third-order valence-electron chi connectivity index (χ3n) is 7.62. The summed E-state index contributed by atoms with van der Waals surface area (Å²) in [5.41, 5.74) is 0.487. The largest absolute Gasteiger partial charge is 0.457 e. The molecule has 0 aromatic rings. The highest BCUT2D eigenvalue weighted by Gasteiger charge is 2.41. The first-order valence-electron chi connectivity index (χ1n) is 10.7. The van der Waals surface area contributed by atoms with E-state index in [0.29, 0.717) is 17.2 Å². The lowest BCUT2D eigenvalue weighted by molar-refractivity contribution is 0.151. The number of rotatable bonds is 1. The van der Waals surface area contributed by atoms with E-state index < -0.39 is 7.12 Å². The fourth-order valence-corrected chi connectivity index (χ4v) is 5.92. The maximum absolute atomic E-state index is 10.1. The Bertz CT molecular complexity index is 382. The van der Waals surface area contributed by atoms with Crippen molar-refractivity contribution in [1.82, 2.24) is 0 Å². The maximum Gasteiger partial charge on any atom is 0.457 e. The van der Waals surface area contributed by atoms with E-state index in [2.05, 4.69) is 20.8 Å². The fraction of sp³-hybridized carbons (Fsp3) is 1.00. The molecule has 1 aliphatic heterocycles.